The summed E-state index contributed by atoms with van der Waals surface area (Å²) in [6, 6.07) is 18.6. The Hall–Kier alpha value is -2.59. The molecule has 0 aliphatic carbocycles. The zero-order chi connectivity index (χ0) is 18.6. The van der Waals surface area contributed by atoms with Crippen molar-refractivity contribution in [3.8, 4) is 11.5 Å². The fourth-order valence-electron chi connectivity index (χ4n) is 3.76. The van der Waals surface area contributed by atoms with Crippen LogP contribution in [0.15, 0.2) is 54.6 Å². The third kappa shape index (κ3) is 4.22. The summed E-state index contributed by atoms with van der Waals surface area (Å²) in [6.45, 7) is 5.07. The van der Waals surface area contributed by atoms with Gasteiger partial charge in [0.25, 0.3) is 0 Å². The SMILES string of the molecule is COc1cccc(CN2CCC(Oc3cc(C)nc4ccccc34)CC2)c1. The minimum atomic E-state index is 0.261. The van der Waals surface area contributed by atoms with Crippen LogP contribution in [0.25, 0.3) is 10.9 Å². The Morgan fingerprint density at radius 3 is 2.67 bits per heavy atom. The molecular weight excluding hydrogens is 336 g/mol. The maximum atomic E-state index is 6.40. The number of para-hydroxylation sites is 1. The molecule has 1 aliphatic rings. The first-order valence-corrected chi connectivity index (χ1v) is 9.59. The van der Waals surface area contributed by atoms with E-state index in [0.717, 1.165) is 60.6 Å². The molecular formula is C23H26N2O2. The van der Waals surface area contributed by atoms with Crippen molar-refractivity contribution in [3.63, 3.8) is 0 Å². The van der Waals surface area contributed by atoms with E-state index in [1.807, 2.05) is 31.2 Å². The predicted octanol–water partition coefficient (Wildman–Crippen LogP) is 4.60. The van der Waals surface area contributed by atoms with Gasteiger partial charge in [0.05, 0.1) is 12.6 Å². The minimum absolute atomic E-state index is 0.261. The Bertz CT molecular complexity index is 917. The van der Waals surface area contributed by atoms with Gasteiger partial charge in [-0.05, 0) is 49.6 Å². The Morgan fingerprint density at radius 2 is 1.85 bits per heavy atom. The average Bonchev–Trinajstić information content (AvgIpc) is 2.69. The van der Waals surface area contributed by atoms with Gasteiger partial charge in [0.2, 0.25) is 0 Å². The van der Waals surface area contributed by atoms with Gasteiger partial charge in [0, 0.05) is 36.8 Å². The summed E-state index contributed by atoms with van der Waals surface area (Å²) in [4.78, 5) is 7.09. The monoisotopic (exact) mass is 362 g/mol. The van der Waals surface area contributed by atoms with Crippen molar-refractivity contribution in [2.45, 2.75) is 32.4 Å². The smallest absolute Gasteiger partial charge is 0.130 e. The van der Waals surface area contributed by atoms with E-state index in [-0.39, 0.29) is 6.10 Å². The van der Waals surface area contributed by atoms with E-state index in [9.17, 15) is 0 Å². The zero-order valence-electron chi connectivity index (χ0n) is 16.0. The van der Waals surface area contributed by atoms with Crippen LogP contribution in [0.5, 0.6) is 11.5 Å². The minimum Gasteiger partial charge on any atom is -0.497 e. The molecule has 1 saturated heterocycles. The van der Waals surface area contributed by atoms with Crippen LogP contribution in [-0.4, -0.2) is 36.2 Å². The third-order valence-corrected chi connectivity index (χ3v) is 5.17. The summed E-state index contributed by atoms with van der Waals surface area (Å²) >= 11 is 0. The van der Waals surface area contributed by atoms with Gasteiger partial charge in [-0.25, -0.2) is 0 Å². The highest BCUT2D eigenvalue weighted by molar-refractivity contribution is 5.85. The number of hydrogen-bond donors (Lipinski definition) is 0. The number of piperidine rings is 1. The number of benzene rings is 2. The maximum absolute atomic E-state index is 6.40. The number of nitrogens with zero attached hydrogens (tertiary/aromatic N) is 2. The van der Waals surface area contributed by atoms with E-state index >= 15 is 0 Å². The number of aryl methyl sites for hydroxylation is 1. The first-order chi connectivity index (χ1) is 13.2. The van der Waals surface area contributed by atoms with Gasteiger partial charge in [-0.3, -0.25) is 9.88 Å². The van der Waals surface area contributed by atoms with Crippen molar-refractivity contribution in [2.75, 3.05) is 20.2 Å². The second-order valence-electron chi connectivity index (χ2n) is 7.22. The van der Waals surface area contributed by atoms with Gasteiger partial charge in [-0.15, -0.1) is 0 Å². The fraction of sp³-hybridized carbons (Fsp3) is 0.348. The molecule has 0 spiro atoms. The predicted molar refractivity (Wildman–Crippen MR) is 108 cm³/mol. The van der Waals surface area contributed by atoms with E-state index in [4.69, 9.17) is 9.47 Å². The normalized spacial score (nSPS) is 15.8. The number of rotatable bonds is 5. The van der Waals surface area contributed by atoms with Crippen molar-refractivity contribution in [2.24, 2.45) is 0 Å². The van der Waals surface area contributed by atoms with E-state index in [1.165, 1.54) is 5.56 Å². The molecule has 3 aromatic rings. The highest BCUT2D eigenvalue weighted by Crippen LogP contribution is 2.28. The Labute approximate surface area is 160 Å². The maximum Gasteiger partial charge on any atom is 0.130 e. The van der Waals surface area contributed by atoms with Crippen LogP contribution in [0.4, 0.5) is 0 Å². The van der Waals surface area contributed by atoms with Gasteiger partial charge in [0.15, 0.2) is 0 Å². The lowest BCUT2D eigenvalue weighted by Crippen LogP contribution is -2.37. The molecule has 0 atom stereocenters. The van der Waals surface area contributed by atoms with Crippen molar-refractivity contribution in [1.29, 1.82) is 0 Å². The number of pyridine rings is 1. The summed E-state index contributed by atoms with van der Waals surface area (Å²) in [7, 11) is 1.71. The van der Waals surface area contributed by atoms with Crippen LogP contribution < -0.4 is 9.47 Å². The van der Waals surface area contributed by atoms with Crippen LogP contribution in [0.3, 0.4) is 0 Å². The highest BCUT2D eigenvalue weighted by Gasteiger charge is 2.21. The molecule has 0 amide bonds. The van der Waals surface area contributed by atoms with Crippen LogP contribution in [0.2, 0.25) is 0 Å². The molecule has 27 heavy (non-hydrogen) atoms. The summed E-state index contributed by atoms with van der Waals surface area (Å²) < 4.78 is 11.7. The Morgan fingerprint density at radius 1 is 1.04 bits per heavy atom. The zero-order valence-corrected chi connectivity index (χ0v) is 16.0. The van der Waals surface area contributed by atoms with Crippen molar-refractivity contribution < 1.29 is 9.47 Å². The number of ether oxygens (including phenoxy) is 2. The second kappa shape index (κ2) is 7.97. The first-order valence-electron chi connectivity index (χ1n) is 9.59. The molecule has 4 rings (SSSR count). The molecule has 0 bridgehead atoms. The highest BCUT2D eigenvalue weighted by atomic mass is 16.5. The summed E-state index contributed by atoms with van der Waals surface area (Å²) in [5, 5.41) is 1.10. The molecule has 1 fully saturated rings. The van der Waals surface area contributed by atoms with Gasteiger partial charge >= 0.3 is 0 Å². The van der Waals surface area contributed by atoms with Gasteiger partial charge < -0.3 is 9.47 Å². The quantitative estimate of drug-likeness (QED) is 0.665. The Kier molecular flexibility index (Phi) is 5.26. The van der Waals surface area contributed by atoms with E-state index in [0.29, 0.717) is 0 Å². The summed E-state index contributed by atoms with van der Waals surface area (Å²) in [5.74, 6) is 1.88. The lowest BCUT2D eigenvalue weighted by Gasteiger charge is -2.32. The number of aromatic nitrogens is 1. The fourth-order valence-corrected chi connectivity index (χ4v) is 3.76. The molecule has 0 radical (unpaired) electrons. The molecule has 1 aliphatic heterocycles. The van der Waals surface area contributed by atoms with Crippen molar-refractivity contribution >= 4 is 10.9 Å². The largest absolute Gasteiger partial charge is 0.497 e. The standard InChI is InChI=1S/C23H26N2O2/c1-17-14-23(21-8-3-4-9-22(21)24-17)27-19-10-12-25(13-11-19)16-18-6-5-7-20(15-18)26-2/h3-9,14-15,19H,10-13,16H2,1-2H3. The van der Waals surface area contributed by atoms with Crippen LogP contribution in [0.1, 0.15) is 24.1 Å². The number of methoxy groups -OCH3 is 1. The number of likely N-dealkylation sites (tertiary alicyclic amines) is 1. The molecule has 0 saturated carbocycles. The van der Waals surface area contributed by atoms with Crippen LogP contribution >= 0.6 is 0 Å². The molecule has 4 nitrogen and oxygen atoms in total. The van der Waals surface area contributed by atoms with Gasteiger partial charge in [-0.2, -0.15) is 0 Å². The van der Waals surface area contributed by atoms with E-state index in [2.05, 4.69) is 40.2 Å². The molecule has 2 heterocycles. The molecule has 140 valence electrons. The van der Waals surface area contributed by atoms with E-state index < -0.39 is 0 Å². The second-order valence-corrected chi connectivity index (χ2v) is 7.22. The number of fused-ring (bicyclic) bond motifs is 1. The molecule has 0 N–H and O–H groups in total. The van der Waals surface area contributed by atoms with Crippen molar-refractivity contribution in [1.82, 2.24) is 9.88 Å². The molecule has 0 unspecified atom stereocenters. The van der Waals surface area contributed by atoms with Crippen molar-refractivity contribution in [3.05, 3.63) is 65.9 Å². The van der Waals surface area contributed by atoms with Gasteiger partial charge in [-0.1, -0.05) is 24.3 Å². The lowest BCUT2D eigenvalue weighted by molar-refractivity contribution is 0.0978. The lowest BCUT2D eigenvalue weighted by atomic mass is 10.1. The average molecular weight is 362 g/mol. The Balaban J connectivity index is 1.38. The van der Waals surface area contributed by atoms with E-state index in [1.54, 1.807) is 7.11 Å². The summed E-state index contributed by atoms with van der Waals surface area (Å²) in [6.07, 6.45) is 2.34. The molecule has 4 heteroatoms. The topological polar surface area (TPSA) is 34.6 Å². The van der Waals surface area contributed by atoms with Gasteiger partial charge in [0.1, 0.15) is 17.6 Å². The molecule has 2 aromatic carbocycles. The number of hydrogen-bond acceptors (Lipinski definition) is 4. The molecule has 1 aromatic heterocycles. The summed E-state index contributed by atoms with van der Waals surface area (Å²) in [5.41, 5.74) is 3.30. The first kappa shape index (κ1) is 17.8. The van der Waals surface area contributed by atoms with Crippen LogP contribution in [-0.2, 0) is 6.54 Å². The third-order valence-electron chi connectivity index (χ3n) is 5.17. The van der Waals surface area contributed by atoms with Crippen LogP contribution in [0, 0.1) is 6.92 Å².